The fraction of sp³-hybridized carbons (Fsp3) is 0.724. The Morgan fingerprint density at radius 2 is 0.509 bits per heavy atom. The van der Waals surface area contributed by atoms with Crippen LogP contribution >= 0.6 is 15.6 Å². The van der Waals surface area contributed by atoms with Crippen LogP contribution in [0.1, 0.15) is 349 Å². The Kier molecular flexibility index (Phi) is 75.2. The number of hydrogen-bond acceptors (Lipinski definition) is 15. The molecule has 0 aliphatic carbocycles. The van der Waals surface area contributed by atoms with Crippen molar-refractivity contribution < 1.29 is 80.2 Å². The first-order valence-electron chi connectivity index (χ1n) is 41.8. The van der Waals surface area contributed by atoms with Gasteiger partial charge in [-0.2, -0.15) is 0 Å². The molecule has 0 heterocycles. The molecular weight excluding hydrogens is 1380 g/mol. The van der Waals surface area contributed by atoms with E-state index in [1.165, 1.54) is 70.6 Å². The lowest BCUT2D eigenvalue weighted by Gasteiger charge is -2.21. The molecule has 19 heteroatoms. The number of esters is 4. The smallest absolute Gasteiger partial charge is 0.462 e. The van der Waals surface area contributed by atoms with E-state index in [1.807, 2.05) is 0 Å². The van der Waals surface area contributed by atoms with Crippen molar-refractivity contribution in [2.45, 2.75) is 367 Å². The SMILES string of the molecule is CC/C=C\C/C=C\C/C=C\C/C=C\CCCCCCCCC(=O)OCC(COP(=O)(O)OCC(O)COP(=O)(O)OCC(COC(=O)CCCCCCCCCCCCCCCCC)OC(=O)CCCCCCC/C=C\C/C=C\CCC)OC(=O)CCCCCCCC/C=C\C/C=C\C/C=C\C/C=C\CC. The number of allylic oxidation sites excluding steroid dienone is 20. The average molecular weight is 1530 g/mol. The highest BCUT2D eigenvalue weighted by atomic mass is 31.2. The van der Waals surface area contributed by atoms with Gasteiger partial charge in [-0.3, -0.25) is 37.3 Å². The summed E-state index contributed by atoms with van der Waals surface area (Å²) in [4.78, 5) is 73.2. The maximum atomic E-state index is 13.1. The molecule has 610 valence electrons. The third-order valence-electron chi connectivity index (χ3n) is 17.4. The van der Waals surface area contributed by atoms with Gasteiger partial charge in [-0.25, -0.2) is 9.13 Å². The molecule has 0 saturated heterocycles. The van der Waals surface area contributed by atoms with Crippen LogP contribution in [0.3, 0.4) is 0 Å². The van der Waals surface area contributed by atoms with Crippen molar-refractivity contribution in [1.82, 2.24) is 0 Å². The van der Waals surface area contributed by atoms with Crippen LogP contribution < -0.4 is 0 Å². The predicted molar refractivity (Wildman–Crippen MR) is 436 cm³/mol. The van der Waals surface area contributed by atoms with E-state index in [2.05, 4.69) is 149 Å². The quantitative estimate of drug-likeness (QED) is 0.0169. The second-order valence-corrected chi connectivity index (χ2v) is 30.6. The maximum absolute atomic E-state index is 13.1. The van der Waals surface area contributed by atoms with Crippen molar-refractivity contribution in [2.75, 3.05) is 39.6 Å². The summed E-state index contributed by atoms with van der Waals surface area (Å²) in [7, 11) is -9.97. The number of hydrogen-bond donors (Lipinski definition) is 3. The molecule has 0 bridgehead atoms. The van der Waals surface area contributed by atoms with Gasteiger partial charge in [-0.1, -0.05) is 316 Å². The van der Waals surface area contributed by atoms with Gasteiger partial charge in [-0.15, -0.1) is 0 Å². The number of aliphatic hydroxyl groups excluding tert-OH is 1. The fourth-order valence-corrected chi connectivity index (χ4v) is 12.7. The zero-order valence-electron chi connectivity index (χ0n) is 66.8. The number of carbonyl (C=O) groups is 4. The molecule has 0 aliphatic rings. The van der Waals surface area contributed by atoms with Crippen molar-refractivity contribution in [3.05, 3.63) is 122 Å². The molecule has 5 unspecified atom stereocenters. The van der Waals surface area contributed by atoms with Gasteiger partial charge in [0.2, 0.25) is 0 Å². The summed E-state index contributed by atoms with van der Waals surface area (Å²) in [5, 5.41) is 10.7. The minimum absolute atomic E-state index is 0.0730. The van der Waals surface area contributed by atoms with Crippen molar-refractivity contribution in [3.63, 3.8) is 0 Å². The van der Waals surface area contributed by atoms with Crippen LogP contribution in [-0.4, -0.2) is 96.7 Å². The van der Waals surface area contributed by atoms with Gasteiger partial charge in [-0.05, 0) is 128 Å². The Bertz CT molecular complexity index is 2480. The summed E-state index contributed by atoms with van der Waals surface area (Å²) in [5.74, 6) is -2.20. The molecule has 106 heavy (non-hydrogen) atoms. The Labute approximate surface area is 644 Å². The van der Waals surface area contributed by atoms with Crippen molar-refractivity contribution >= 4 is 39.5 Å². The van der Waals surface area contributed by atoms with Crippen LogP contribution in [0, 0.1) is 0 Å². The Morgan fingerprint density at radius 3 is 0.792 bits per heavy atom. The second-order valence-electron chi connectivity index (χ2n) is 27.7. The van der Waals surface area contributed by atoms with Crippen LogP contribution in [0.15, 0.2) is 122 Å². The first kappa shape index (κ1) is 101. The minimum atomic E-state index is -4.99. The molecule has 0 aromatic heterocycles. The number of aliphatic hydroxyl groups is 1. The van der Waals surface area contributed by atoms with Crippen LogP contribution in [0.5, 0.6) is 0 Å². The lowest BCUT2D eigenvalue weighted by atomic mass is 10.0. The minimum Gasteiger partial charge on any atom is -0.462 e. The van der Waals surface area contributed by atoms with Crippen molar-refractivity contribution in [3.8, 4) is 0 Å². The molecule has 3 N–H and O–H groups in total. The second kappa shape index (κ2) is 78.6. The first-order chi connectivity index (χ1) is 51.7. The molecule has 0 fully saturated rings. The van der Waals surface area contributed by atoms with E-state index in [-0.39, 0.29) is 25.7 Å². The highest BCUT2D eigenvalue weighted by molar-refractivity contribution is 7.47. The number of phosphoric acid groups is 2. The Hall–Kier alpha value is -4.54. The van der Waals surface area contributed by atoms with Crippen molar-refractivity contribution in [2.24, 2.45) is 0 Å². The monoisotopic (exact) mass is 1530 g/mol. The van der Waals surface area contributed by atoms with E-state index in [4.69, 9.17) is 37.0 Å². The summed E-state index contributed by atoms with van der Waals surface area (Å²) >= 11 is 0. The lowest BCUT2D eigenvalue weighted by molar-refractivity contribution is -0.161. The van der Waals surface area contributed by atoms with E-state index < -0.39 is 97.5 Å². The zero-order chi connectivity index (χ0) is 77.4. The lowest BCUT2D eigenvalue weighted by Crippen LogP contribution is -2.30. The maximum Gasteiger partial charge on any atom is 0.472 e. The van der Waals surface area contributed by atoms with Gasteiger partial charge < -0.3 is 33.8 Å². The van der Waals surface area contributed by atoms with Crippen LogP contribution in [0.25, 0.3) is 0 Å². The van der Waals surface area contributed by atoms with Gasteiger partial charge >= 0.3 is 39.5 Å². The zero-order valence-corrected chi connectivity index (χ0v) is 68.6. The number of phosphoric ester groups is 2. The number of rotatable bonds is 78. The largest absolute Gasteiger partial charge is 0.472 e. The Morgan fingerprint density at radius 1 is 0.274 bits per heavy atom. The van der Waals surface area contributed by atoms with Crippen LogP contribution in [-0.2, 0) is 65.4 Å². The summed E-state index contributed by atoms with van der Waals surface area (Å²) in [6.07, 6.45) is 87.3. The topological polar surface area (TPSA) is 237 Å². The summed E-state index contributed by atoms with van der Waals surface area (Å²) in [5.41, 5.74) is 0. The molecule has 0 aliphatic heterocycles. The van der Waals surface area contributed by atoms with Gasteiger partial charge in [0.25, 0.3) is 0 Å². The summed E-state index contributed by atoms with van der Waals surface area (Å²) in [6, 6.07) is 0. The normalized spacial score (nSPS) is 14.4. The van der Waals surface area contributed by atoms with E-state index in [0.717, 1.165) is 199 Å². The predicted octanol–water partition coefficient (Wildman–Crippen LogP) is 24.7. The molecule has 17 nitrogen and oxygen atoms in total. The molecule has 0 aromatic rings. The van der Waals surface area contributed by atoms with Crippen LogP contribution in [0.4, 0.5) is 0 Å². The van der Waals surface area contributed by atoms with Gasteiger partial charge in [0, 0.05) is 25.7 Å². The van der Waals surface area contributed by atoms with Gasteiger partial charge in [0.15, 0.2) is 12.2 Å². The Balaban J connectivity index is 5.38. The molecule has 0 aromatic carbocycles. The number of ether oxygens (including phenoxy) is 4. The highest BCUT2D eigenvalue weighted by Crippen LogP contribution is 2.45. The fourth-order valence-electron chi connectivity index (χ4n) is 11.1. The van der Waals surface area contributed by atoms with E-state index in [0.29, 0.717) is 25.7 Å². The average Bonchev–Trinajstić information content (AvgIpc) is 0.903. The molecular formula is C87H150O17P2. The highest BCUT2D eigenvalue weighted by Gasteiger charge is 2.30. The molecule has 0 spiro atoms. The third-order valence-corrected chi connectivity index (χ3v) is 19.3. The molecule has 0 rings (SSSR count). The summed E-state index contributed by atoms with van der Waals surface area (Å²) in [6.45, 7) is 4.59. The standard InChI is InChI=1S/C87H150O17P2/c1-5-9-13-17-21-25-29-33-36-38-40-42-45-49-52-56-60-64-68-72-85(90)98-78-83(104-87(92)74-70-66-62-58-54-50-46-43-41-39-37-34-30-26-22-18-14-10-6-2)80-102-106(95,96)100-76-81(88)75-99-105(93,94)101-79-82(103-86(91)73-69-65-61-57-53-47-32-28-24-20-16-12-8-4)77-97-84(89)71-67-63-59-55-51-48-44-35-31-27-23-19-15-11-7-3/h9-10,13-14,16,20-22,25-26,28,32-34,36-37,40-43,81-83,88H,5-8,11-12,15,17-19,23-24,27,29-31,35,38-39,44-80H2,1-4H3,(H,93,94)(H,95,96)/b13-9-,14-10-,20-16-,25-21-,26-22-,32-28-,36-33-,37-34-,42-40-,43-41-. The van der Waals surface area contributed by atoms with E-state index in [9.17, 15) is 43.2 Å². The molecule has 0 amide bonds. The molecule has 5 atom stereocenters. The molecule has 0 radical (unpaired) electrons. The third kappa shape index (κ3) is 77.6. The summed E-state index contributed by atoms with van der Waals surface area (Å²) < 4.78 is 68.7. The van der Waals surface area contributed by atoms with Crippen LogP contribution in [0.2, 0.25) is 0 Å². The number of carbonyl (C=O) groups excluding carboxylic acids is 4. The van der Waals surface area contributed by atoms with Gasteiger partial charge in [0.1, 0.15) is 19.3 Å². The van der Waals surface area contributed by atoms with Crippen molar-refractivity contribution in [1.29, 1.82) is 0 Å². The number of unbranched alkanes of at least 4 members (excludes halogenated alkanes) is 32. The van der Waals surface area contributed by atoms with Gasteiger partial charge in [0.05, 0.1) is 26.4 Å². The molecule has 0 saturated carbocycles. The first-order valence-corrected chi connectivity index (χ1v) is 44.8. The van der Waals surface area contributed by atoms with E-state index >= 15 is 0 Å². The van der Waals surface area contributed by atoms with E-state index in [1.54, 1.807) is 0 Å².